The number of phenols is 2. The molecule has 1 aliphatic carbocycles. The first-order valence-corrected chi connectivity index (χ1v) is 24.0. The van der Waals surface area contributed by atoms with E-state index in [1.54, 1.807) is 29.2 Å². The van der Waals surface area contributed by atoms with Crippen LogP contribution < -0.4 is 25.6 Å². The van der Waals surface area contributed by atoms with Crippen LogP contribution in [-0.4, -0.2) is 70.1 Å². The van der Waals surface area contributed by atoms with Crippen LogP contribution in [0.5, 0.6) is 23.0 Å². The zero-order valence-electron chi connectivity index (χ0n) is 38.9. The van der Waals surface area contributed by atoms with Gasteiger partial charge in [-0.3, -0.25) is 19.2 Å². The zero-order chi connectivity index (χ0) is 48.2. The van der Waals surface area contributed by atoms with Crippen LogP contribution in [0.15, 0.2) is 109 Å². The summed E-state index contributed by atoms with van der Waals surface area (Å²) in [7, 11) is 0. The topological polar surface area (TPSA) is 189 Å². The van der Waals surface area contributed by atoms with Crippen LogP contribution in [-0.2, 0) is 32.9 Å². The summed E-state index contributed by atoms with van der Waals surface area (Å²) < 4.78 is 13.9. The number of esters is 1. The van der Waals surface area contributed by atoms with E-state index < -0.39 is 11.6 Å². The number of aromatic nitrogens is 1. The Labute approximate surface area is 400 Å². The van der Waals surface area contributed by atoms with Gasteiger partial charge < -0.3 is 45.1 Å². The van der Waals surface area contributed by atoms with Gasteiger partial charge >= 0.3 is 5.97 Å². The van der Waals surface area contributed by atoms with E-state index in [2.05, 4.69) is 28.9 Å². The number of hydrogen-bond acceptors (Lipinski definition) is 9. The first-order valence-electron chi connectivity index (χ1n) is 24.0. The van der Waals surface area contributed by atoms with E-state index in [0.29, 0.717) is 73.3 Å². The largest absolute Gasteiger partial charge is 0.508 e. The number of nitrogens with zero attached hydrogens (tertiary/aromatic N) is 2. The average molecular weight is 932 g/mol. The summed E-state index contributed by atoms with van der Waals surface area (Å²) in [5, 5.41) is 30.5. The number of aromatic hydroxyl groups is 2. The molecule has 1 fully saturated rings. The van der Waals surface area contributed by atoms with Crippen molar-refractivity contribution < 1.29 is 43.7 Å². The highest BCUT2D eigenvalue weighted by atomic mass is 16.6. The Bertz CT molecular complexity index is 2900. The van der Waals surface area contributed by atoms with Gasteiger partial charge in [-0.05, 0) is 118 Å². The molecule has 4 amide bonds. The molecule has 1 spiro atoms. The number of likely N-dealkylation sites (N-methyl/N-ethyl adjacent to an activating group) is 1. The van der Waals surface area contributed by atoms with Gasteiger partial charge in [0.25, 0.3) is 11.8 Å². The van der Waals surface area contributed by atoms with Gasteiger partial charge in [-0.15, -0.1) is 0 Å². The fourth-order valence-corrected chi connectivity index (χ4v) is 10.1. The zero-order valence-corrected chi connectivity index (χ0v) is 38.9. The molecule has 356 valence electrons. The molecule has 0 unspecified atom stereocenters. The molecule has 0 saturated heterocycles. The third-order valence-corrected chi connectivity index (χ3v) is 13.7. The molecular weight excluding hydrogens is 875 g/mol. The number of fused-ring (bicyclic) bond motifs is 7. The lowest BCUT2D eigenvalue weighted by atomic mass is 9.77. The first-order chi connectivity index (χ1) is 33.5. The van der Waals surface area contributed by atoms with Crippen molar-refractivity contribution in [2.24, 2.45) is 5.92 Å². The minimum Gasteiger partial charge on any atom is -0.508 e. The van der Waals surface area contributed by atoms with Crippen molar-refractivity contribution >= 4 is 46.2 Å². The van der Waals surface area contributed by atoms with Crippen LogP contribution in [0.2, 0.25) is 0 Å². The Morgan fingerprint density at radius 3 is 2.10 bits per heavy atom. The van der Waals surface area contributed by atoms with Gasteiger partial charge in [-0.25, -0.2) is 4.79 Å². The van der Waals surface area contributed by atoms with Crippen molar-refractivity contribution in [3.05, 3.63) is 148 Å². The summed E-state index contributed by atoms with van der Waals surface area (Å²) in [5.74, 6) is -0.874. The standard InChI is InChI=1S/C55H57N5O9/c1-3-34-12-11-14-39(28-34)59(4-2)50(63)33-60-46-15-8-7-13-36(46)30-47(60)53(66)58-38-19-16-35(17-20-38)51(64)56-26-9-5-6-10-27-57-52(65)37-18-23-43-42(29-37)54(67)69-55(43)44-24-21-40(61)31-48(44)68-49-32-41(62)22-25-45(49)55/h7-8,11-15,18,21-25,28-32,35,38,61-62H,3-6,9-10,16-17,19-20,26-27,33H2,1-2H3,(H,56,64)(H,57,65)(H,58,66)/t35-,38-. The maximum Gasteiger partial charge on any atom is 0.340 e. The van der Waals surface area contributed by atoms with Crippen LogP contribution in [0.1, 0.15) is 119 Å². The van der Waals surface area contributed by atoms with Crippen LogP contribution in [0, 0.1) is 5.92 Å². The molecule has 14 heteroatoms. The smallest absolute Gasteiger partial charge is 0.340 e. The number of carbonyl (C=O) groups excluding carboxylic acids is 5. The predicted molar refractivity (Wildman–Crippen MR) is 261 cm³/mol. The minimum atomic E-state index is -1.40. The molecule has 2 aliphatic heterocycles. The van der Waals surface area contributed by atoms with E-state index in [9.17, 15) is 34.2 Å². The molecule has 3 heterocycles. The summed E-state index contributed by atoms with van der Waals surface area (Å²) in [6.07, 6.45) is 6.82. The molecule has 0 atom stereocenters. The van der Waals surface area contributed by atoms with Crippen LogP contribution in [0.3, 0.4) is 0 Å². The number of aryl methyl sites for hydroxylation is 1. The highest BCUT2D eigenvalue weighted by Crippen LogP contribution is 2.57. The Morgan fingerprint density at radius 2 is 1.41 bits per heavy atom. The molecule has 0 radical (unpaired) electrons. The maximum absolute atomic E-state index is 13.8. The number of phenolic OH excluding ortho intramolecular Hbond substituents is 2. The molecule has 3 aliphatic rings. The molecule has 1 aromatic heterocycles. The van der Waals surface area contributed by atoms with E-state index >= 15 is 0 Å². The van der Waals surface area contributed by atoms with Crippen molar-refractivity contribution in [2.45, 2.75) is 89.8 Å². The molecule has 0 bridgehead atoms. The lowest BCUT2D eigenvalue weighted by molar-refractivity contribution is -0.126. The van der Waals surface area contributed by atoms with Gasteiger partial charge in [0.05, 0.1) is 5.56 Å². The lowest BCUT2D eigenvalue weighted by Gasteiger charge is -2.36. The number of amides is 4. The van der Waals surface area contributed by atoms with E-state index in [4.69, 9.17) is 9.47 Å². The molecule has 9 rings (SSSR count). The highest BCUT2D eigenvalue weighted by Gasteiger charge is 2.54. The molecule has 69 heavy (non-hydrogen) atoms. The Hall–Kier alpha value is -7.61. The van der Waals surface area contributed by atoms with Crippen molar-refractivity contribution in [3.8, 4) is 23.0 Å². The number of ether oxygens (including phenoxy) is 2. The van der Waals surface area contributed by atoms with Gasteiger partial charge in [0.15, 0.2) is 5.60 Å². The highest BCUT2D eigenvalue weighted by molar-refractivity contribution is 6.02. The van der Waals surface area contributed by atoms with Crippen LogP contribution in [0.4, 0.5) is 5.69 Å². The SMILES string of the molecule is CCc1cccc(N(CC)C(=O)Cn2c(C(=O)N[C@H]3CC[C@H](C(=O)NCCCCCCNC(=O)c4ccc5c(c4)C(=O)OC54c5ccc(O)cc5Oc5cc(O)ccc54)CC3)cc3ccccc32)c1. The van der Waals surface area contributed by atoms with E-state index in [-0.39, 0.29) is 70.7 Å². The molecule has 6 aromatic rings. The number of benzene rings is 5. The van der Waals surface area contributed by atoms with Gasteiger partial charge in [-0.1, -0.05) is 56.2 Å². The third-order valence-electron chi connectivity index (χ3n) is 13.7. The van der Waals surface area contributed by atoms with Gasteiger partial charge in [-0.2, -0.15) is 0 Å². The minimum absolute atomic E-state index is 0.0231. The first kappa shape index (κ1) is 46.5. The Balaban J connectivity index is 0.706. The summed E-state index contributed by atoms with van der Waals surface area (Å²) in [6.45, 7) is 5.56. The van der Waals surface area contributed by atoms with Gasteiger partial charge in [0.1, 0.15) is 35.2 Å². The average Bonchev–Trinajstić information content (AvgIpc) is 3.86. The van der Waals surface area contributed by atoms with Crippen LogP contribution >= 0.6 is 0 Å². The number of carbonyl (C=O) groups is 5. The maximum atomic E-state index is 13.8. The van der Waals surface area contributed by atoms with Crippen molar-refractivity contribution in [1.82, 2.24) is 20.5 Å². The number of rotatable bonds is 16. The number of nitrogens with one attached hydrogen (secondary N) is 3. The van der Waals surface area contributed by atoms with Crippen LogP contribution in [0.25, 0.3) is 10.9 Å². The summed E-state index contributed by atoms with van der Waals surface area (Å²) in [5.41, 5.74) is 3.93. The second-order valence-corrected chi connectivity index (χ2v) is 18.1. The van der Waals surface area contributed by atoms with Crippen molar-refractivity contribution in [2.75, 3.05) is 24.5 Å². The fourth-order valence-electron chi connectivity index (χ4n) is 10.1. The molecule has 14 nitrogen and oxygen atoms in total. The predicted octanol–water partition coefficient (Wildman–Crippen LogP) is 8.63. The van der Waals surface area contributed by atoms with E-state index in [0.717, 1.165) is 54.3 Å². The summed E-state index contributed by atoms with van der Waals surface area (Å²) >= 11 is 0. The van der Waals surface area contributed by atoms with E-state index in [1.807, 2.05) is 60.0 Å². The third kappa shape index (κ3) is 9.35. The van der Waals surface area contributed by atoms with Gasteiger partial charge in [0, 0.05) is 82.6 Å². The fraction of sp³-hybridized carbons (Fsp3) is 0.327. The molecule has 1 saturated carbocycles. The lowest BCUT2D eigenvalue weighted by Crippen LogP contribution is -2.42. The molecular formula is C55H57N5O9. The Kier molecular flexibility index (Phi) is 13.4. The summed E-state index contributed by atoms with van der Waals surface area (Å²) in [6, 6.07) is 31.5. The number of para-hydroxylation sites is 1. The second-order valence-electron chi connectivity index (χ2n) is 18.1. The van der Waals surface area contributed by atoms with Crippen molar-refractivity contribution in [3.63, 3.8) is 0 Å². The van der Waals surface area contributed by atoms with Crippen molar-refractivity contribution in [1.29, 1.82) is 0 Å². The number of hydrogen-bond donors (Lipinski definition) is 5. The van der Waals surface area contributed by atoms with Gasteiger partial charge in [0.2, 0.25) is 11.8 Å². The Morgan fingerprint density at radius 1 is 0.725 bits per heavy atom. The normalized spacial score (nSPS) is 16.4. The number of anilines is 1. The van der Waals surface area contributed by atoms with E-state index in [1.165, 1.54) is 30.3 Å². The second kappa shape index (κ2) is 19.9. The molecule has 5 N–H and O–H groups in total. The monoisotopic (exact) mass is 931 g/mol. The molecule has 5 aromatic carbocycles. The number of unbranched alkanes of at least 4 members (excludes halogenated alkanes) is 3. The quantitative estimate of drug-likeness (QED) is 0.0468. The summed E-state index contributed by atoms with van der Waals surface area (Å²) in [4.78, 5) is 69.2.